The molecule has 0 atom stereocenters. The Morgan fingerprint density at radius 3 is 0.727 bits per heavy atom. The van der Waals surface area contributed by atoms with Crippen molar-refractivity contribution in [2.45, 2.75) is 155 Å². The summed E-state index contributed by atoms with van der Waals surface area (Å²) < 4.78 is 0. The van der Waals surface area contributed by atoms with Crippen LogP contribution in [0.15, 0.2) is 0 Å². The Kier molecular flexibility index (Phi) is 31.8. The average molecular weight is 468 g/mol. The molecule has 3 N–H and O–H groups in total. The third-order valence-corrected chi connectivity index (χ3v) is 6.83. The Hall–Kier alpha value is -0.120. The maximum atomic E-state index is 3.61. The van der Waals surface area contributed by atoms with Gasteiger partial charge in [0.05, 0.1) is 0 Å². The van der Waals surface area contributed by atoms with Gasteiger partial charge in [-0.1, -0.05) is 129 Å². The summed E-state index contributed by atoms with van der Waals surface area (Å²) in [6, 6.07) is 0. The standard InChI is InChI=1S/C30H65N3/c1-3-5-7-9-11-13-15-17-19-21-25-31-27-23-29-33-30-24-28-32-26-22-20-18-16-14-12-10-8-6-4-2/h31-33H,3-30H2,1-2H3. The van der Waals surface area contributed by atoms with Crippen LogP contribution in [0.1, 0.15) is 155 Å². The number of rotatable bonds is 30. The Labute approximate surface area is 210 Å². The topological polar surface area (TPSA) is 36.1 Å². The first-order chi connectivity index (χ1) is 16.4. The summed E-state index contributed by atoms with van der Waals surface area (Å²) in [5, 5.41) is 10.8. The van der Waals surface area contributed by atoms with Gasteiger partial charge in [0.15, 0.2) is 0 Å². The second-order valence-electron chi connectivity index (χ2n) is 10.3. The molecule has 0 aromatic carbocycles. The molecule has 0 rings (SSSR count). The van der Waals surface area contributed by atoms with Gasteiger partial charge in [0, 0.05) is 0 Å². The van der Waals surface area contributed by atoms with Crippen molar-refractivity contribution in [2.75, 3.05) is 39.3 Å². The number of nitrogens with one attached hydrogen (secondary N) is 3. The smallest absolute Gasteiger partial charge is 0.00368 e. The third kappa shape index (κ3) is 31.9. The van der Waals surface area contributed by atoms with Crippen molar-refractivity contribution < 1.29 is 0 Å². The van der Waals surface area contributed by atoms with Gasteiger partial charge in [0.2, 0.25) is 0 Å². The van der Waals surface area contributed by atoms with E-state index in [2.05, 4.69) is 29.8 Å². The monoisotopic (exact) mass is 468 g/mol. The van der Waals surface area contributed by atoms with E-state index in [1.165, 1.54) is 167 Å². The van der Waals surface area contributed by atoms with Gasteiger partial charge < -0.3 is 16.0 Å². The summed E-state index contributed by atoms with van der Waals surface area (Å²) in [6.07, 6.45) is 31.0. The van der Waals surface area contributed by atoms with E-state index >= 15 is 0 Å². The molecule has 0 aliphatic heterocycles. The van der Waals surface area contributed by atoms with E-state index in [0.29, 0.717) is 0 Å². The first-order valence-corrected chi connectivity index (χ1v) is 15.5. The molecular weight excluding hydrogens is 402 g/mol. The van der Waals surface area contributed by atoms with Crippen molar-refractivity contribution >= 4 is 0 Å². The number of hydrogen-bond acceptors (Lipinski definition) is 3. The van der Waals surface area contributed by atoms with E-state index in [4.69, 9.17) is 0 Å². The zero-order valence-corrected chi connectivity index (χ0v) is 23.3. The molecule has 0 aliphatic carbocycles. The van der Waals surface area contributed by atoms with E-state index < -0.39 is 0 Å². The van der Waals surface area contributed by atoms with Crippen LogP contribution >= 0.6 is 0 Å². The van der Waals surface area contributed by atoms with Gasteiger partial charge in [-0.2, -0.15) is 0 Å². The summed E-state index contributed by atoms with van der Waals surface area (Å²) in [7, 11) is 0. The minimum absolute atomic E-state index is 1.16. The summed E-state index contributed by atoms with van der Waals surface area (Å²) in [4.78, 5) is 0. The lowest BCUT2D eigenvalue weighted by atomic mass is 10.1. The van der Waals surface area contributed by atoms with Crippen molar-refractivity contribution in [3.8, 4) is 0 Å². The lowest BCUT2D eigenvalue weighted by molar-refractivity contribution is 0.526. The van der Waals surface area contributed by atoms with Gasteiger partial charge >= 0.3 is 0 Å². The Morgan fingerprint density at radius 1 is 0.242 bits per heavy atom. The van der Waals surface area contributed by atoms with E-state index in [1.54, 1.807) is 0 Å². The van der Waals surface area contributed by atoms with Crippen molar-refractivity contribution in [3.05, 3.63) is 0 Å². The summed E-state index contributed by atoms with van der Waals surface area (Å²) in [6.45, 7) is 11.7. The number of hydrogen-bond donors (Lipinski definition) is 3. The first-order valence-electron chi connectivity index (χ1n) is 15.5. The van der Waals surface area contributed by atoms with Crippen LogP contribution in [0.25, 0.3) is 0 Å². The van der Waals surface area contributed by atoms with Crippen LogP contribution in [-0.4, -0.2) is 39.3 Å². The highest BCUT2D eigenvalue weighted by atomic mass is 14.9. The Bertz CT molecular complexity index is 292. The molecule has 3 nitrogen and oxygen atoms in total. The zero-order valence-electron chi connectivity index (χ0n) is 23.3. The Balaban J connectivity index is 2.99. The molecule has 0 unspecified atom stereocenters. The molecule has 0 spiro atoms. The lowest BCUT2D eigenvalue weighted by Gasteiger charge is -2.08. The molecule has 0 amide bonds. The lowest BCUT2D eigenvalue weighted by Crippen LogP contribution is -2.25. The second-order valence-corrected chi connectivity index (χ2v) is 10.3. The SMILES string of the molecule is CCCCCCCCCCCCNCCCNCCCNCCCCCCCCCCCC. The highest BCUT2D eigenvalue weighted by molar-refractivity contribution is 4.56. The molecule has 0 heterocycles. The minimum atomic E-state index is 1.16. The fraction of sp³-hybridized carbons (Fsp3) is 1.00. The zero-order chi connectivity index (χ0) is 23.9. The van der Waals surface area contributed by atoms with Gasteiger partial charge in [-0.05, 0) is 65.0 Å². The van der Waals surface area contributed by atoms with Gasteiger partial charge in [0.1, 0.15) is 0 Å². The molecule has 3 heteroatoms. The molecule has 0 saturated heterocycles. The highest BCUT2D eigenvalue weighted by Crippen LogP contribution is 2.11. The van der Waals surface area contributed by atoms with E-state index in [-0.39, 0.29) is 0 Å². The van der Waals surface area contributed by atoms with Crippen molar-refractivity contribution in [2.24, 2.45) is 0 Å². The predicted octanol–water partition coefficient (Wildman–Crippen LogP) is 8.38. The van der Waals surface area contributed by atoms with Crippen LogP contribution in [0.4, 0.5) is 0 Å². The molecule has 0 aliphatic rings. The predicted molar refractivity (Wildman–Crippen MR) is 152 cm³/mol. The molecule has 0 fully saturated rings. The van der Waals surface area contributed by atoms with E-state index in [0.717, 1.165) is 13.1 Å². The summed E-state index contributed by atoms with van der Waals surface area (Å²) in [5.41, 5.74) is 0. The maximum Gasteiger partial charge on any atom is -0.00368 e. The van der Waals surface area contributed by atoms with Gasteiger partial charge in [-0.3, -0.25) is 0 Å². The van der Waals surface area contributed by atoms with Crippen LogP contribution in [0.2, 0.25) is 0 Å². The largest absolute Gasteiger partial charge is 0.317 e. The van der Waals surface area contributed by atoms with Crippen molar-refractivity contribution in [3.63, 3.8) is 0 Å². The minimum Gasteiger partial charge on any atom is -0.317 e. The maximum absolute atomic E-state index is 3.61. The van der Waals surface area contributed by atoms with Crippen LogP contribution < -0.4 is 16.0 Å². The molecule has 0 aromatic heterocycles. The molecular formula is C30H65N3. The quantitative estimate of drug-likeness (QED) is 0.0928. The average Bonchev–Trinajstić information content (AvgIpc) is 2.83. The van der Waals surface area contributed by atoms with Crippen LogP contribution in [0.5, 0.6) is 0 Å². The van der Waals surface area contributed by atoms with Crippen molar-refractivity contribution in [1.29, 1.82) is 0 Å². The first kappa shape index (κ1) is 32.9. The van der Waals surface area contributed by atoms with Crippen LogP contribution in [-0.2, 0) is 0 Å². The fourth-order valence-corrected chi connectivity index (χ4v) is 4.53. The van der Waals surface area contributed by atoms with Crippen molar-refractivity contribution in [1.82, 2.24) is 16.0 Å². The summed E-state index contributed by atoms with van der Waals surface area (Å²) in [5.74, 6) is 0. The van der Waals surface area contributed by atoms with Crippen LogP contribution in [0.3, 0.4) is 0 Å². The molecule has 0 bridgehead atoms. The van der Waals surface area contributed by atoms with E-state index in [9.17, 15) is 0 Å². The van der Waals surface area contributed by atoms with E-state index in [1.807, 2.05) is 0 Å². The highest BCUT2D eigenvalue weighted by Gasteiger charge is 1.95. The Morgan fingerprint density at radius 2 is 0.455 bits per heavy atom. The second kappa shape index (κ2) is 31.9. The molecule has 0 aromatic rings. The van der Waals surface area contributed by atoms with Gasteiger partial charge in [-0.15, -0.1) is 0 Å². The van der Waals surface area contributed by atoms with Crippen LogP contribution in [0, 0.1) is 0 Å². The third-order valence-electron chi connectivity index (χ3n) is 6.83. The number of unbranched alkanes of at least 4 members (excludes halogenated alkanes) is 18. The summed E-state index contributed by atoms with van der Waals surface area (Å²) >= 11 is 0. The molecule has 0 saturated carbocycles. The van der Waals surface area contributed by atoms with Gasteiger partial charge in [0.25, 0.3) is 0 Å². The normalized spacial score (nSPS) is 11.5. The molecule has 33 heavy (non-hydrogen) atoms. The molecule has 0 radical (unpaired) electrons. The van der Waals surface area contributed by atoms with Gasteiger partial charge in [-0.25, -0.2) is 0 Å². The molecule has 200 valence electrons. The fourth-order valence-electron chi connectivity index (χ4n) is 4.53.